The molecule has 2 rings (SSSR count). The lowest BCUT2D eigenvalue weighted by Gasteiger charge is -2.35. The van der Waals surface area contributed by atoms with Gasteiger partial charge in [0.2, 0.25) is 0 Å². The predicted octanol–water partition coefficient (Wildman–Crippen LogP) is 0.178. The van der Waals surface area contributed by atoms with E-state index >= 15 is 0 Å². The SMILES string of the molecule is NCC1CCCC1N1CCS(=O)CC1. The summed E-state index contributed by atoms with van der Waals surface area (Å²) in [5.41, 5.74) is 5.77. The van der Waals surface area contributed by atoms with Gasteiger partial charge < -0.3 is 5.73 Å². The van der Waals surface area contributed by atoms with Crippen molar-refractivity contribution >= 4 is 10.8 Å². The highest BCUT2D eigenvalue weighted by molar-refractivity contribution is 7.85. The van der Waals surface area contributed by atoms with Crippen molar-refractivity contribution in [3.8, 4) is 0 Å². The summed E-state index contributed by atoms with van der Waals surface area (Å²) in [5, 5.41) is 0. The molecular formula is C10H20N2OS. The Morgan fingerprint density at radius 3 is 2.64 bits per heavy atom. The molecule has 2 unspecified atom stereocenters. The van der Waals surface area contributed by atoms with Crippen LogP contribution in [0.25, 0.3) is 0 Å². The topological polar surface area (TPSA) is 46.3 Å². The molecule has 14 heavy (non-hydrogen) atoms. The van der Waals surface area contributed by atoms with Crippen LogP contribution in [0.5, 0.6) is 0 Å². The molecule has 1 saturated heterocycles. The summed E-state index contributed by atoms with van der Waals surface area (Å²) in [6, 6.07) is 0.692. The third kappa shape index (κ3) is 2.18. The average molecular weight is 216 g/mol. The second-order valence-corrected chi connectivity index (χ2v) is 6.07. The Bertz CT molecular complexity index is 212. The molecule has 0 bridgehead atoms. The van der Waals surface area contributed by atoms with Crippen LogP contribution in [0.2, 0.25) is 0 Å². The van der Waals surface area contributed by atoms with E-state index in [1.165, 1.54) is 19.3 Å². The Balaban J connectivity index is 1.91. The molecule has 2 aliphatic rings. The van der Waals surface area contributed by atoms with Crippen LogP contribution < -0.4 is 5.73 Å². The first-order chi connectivity index (χ1) is 6.81. The largest absolute Gasteiger partial charge is 0.330 e. The summed E-state index contributed by atoms with van der Waals surface area (Å²) in [6.07, 6.45) is 3.92. The van der Waals surface area contributed by atoms with Crippen LogP contribution >= 0.6 is 0 Å². The minimum absolute atomic E-state index is 0.547. The number of nitrogens with two attached hydrogens (primary N) is 1. The number of hydrogen-bond acceptors (Lipinski definition) is 3. The van der Waals surface area contributed by atoms with Crippen molar-refractivity contribution in [2.75, 3.05) is 31.1 Å². The van der Waals surface area contributed by atoms with Gasteiger partial charge in [-0.25, -0.2) is 0 Å². The van der Waals surface area contributed by atoms with Gasteiger partial charge in [0.05, 0.1) is 0 Å². The summed E-state index contributed by atoms with van der Waals surface area (Å²) in [5.74, 6) is 2.43. The molecule has 1 heterocycles. The van der Waals surface area contributed by atoms with Crippen LogP contribution in [0.15, 0.2) is 0 Å². The van der Waals surface area contributed by atoms with E-state index < -0.39 is 10.8 Å². The third-order valence-corrected chi connectivity index (χ3v) is 4.88. The average Bonchev–Trinajstić information content (AvgIpc) is 2.67. The molecule has 1 aliphatic heterocycles. The fourth-order valence-electron chi connectivity index (χ4n) is 2.76. The van der Waals surface area contributed by atoms with Crippen LogP contribution in [0.1, 0.15) is 19.3 Å². The molecule has 3 nitrogen and oxygen atoms in total. The molecule has 2 N–H and O–H groups in total. The highest BCUT2D eigenvalue weighted by Crippen LogP contribution is 2.29. The van der Waals surface area contributed by atoms with Crippen LogP contribution in [0.3, 0.4) is 0 Å². The summed E-state index contributed by atoms with van der Waals surface area (Å²) >= 11 is 0. The highest BCUT2D eigenvalue weighted by Gasteiger charge is 2.32. The van der Waals surface area contributed by atoms with Crippen LogP contribution in [-0.4, -0.2) is 46.3 Å². The smallest absolute Gasteiger partial charge is 0.0363 e. The molecule has 0 amide bonds. The van der Waals surface area contributed by atoms with Crippen molar-refractivity contribution in [3.05, 3.63) is 0 Å². The van der Waals surface area contributed by atoms with Gasteiger partial charge in [0.25, 0.3) is 0 Å². The van der Waals surface area contributed by atoms with E-state index in [1.54, 1.807) is 0 Å². The van der Waals surface area contributed by atoms with Crippen molar-refractivity contribution in [3.63, 3.8) is 0 Å². The standard InChI is InChI=1S/C10H20N2OS/c11-8-9-2-1-3-10(9)12-4-6-14(13)7-5-12/h9-10H,1-8,11H2. The maximum atomic E-state index is 11.2. The number of rotatable bonds is 2. The molecule has 0 aromatic carbocycles. The van der Waals surface area contributed by atoms with Crippen LogP contribution in [0.4, 0.5) is 0 Å². The number of nitrogens with zero attached hydrogens (tertiary/aromatic N) is 1. The zero-order valence-electron chi connectivity index (χ0n) is 8.65. The van der Waals surface area contributed by atoms with E-state index in [9.17, 15) is 4.21 Å². The van der Waals surface area contributed by atoms with Gasteiger partial charge in [-0.3, -0.25) is 9.11 Å². The van der Waals surface area contributed by atoms with Crippen molar-refractivity contribution in [1.82, 2.24) is 4.90 Å². The summed E-state index contributed by atoms with van der Waals surface area (Å²) in [4.78, 5) is 2.52. The van der Waals surface area contributed by atoms with Gasteiger partial charge in [-0.1, -0.05) is 6.42 Å². The summed E-state index contributed by atoms with van der Waals surface area (Å²) < 4.78 is 11.2. The molecule has 0 aromatic rings. The first-order valence-corrected chi connectivity index (χ1v) is 7.09. The Morgan fingerprint density at radius 1 is 1.29 bits per heavy atom. The van der Waals surface area contributed by atoms with Gasteiger partial charge in [-0.15, -0.1) is 0 Å². The summed E-state index contributed by atoms with van der Waals surface area (Å²) in [6.45, 7) is 2.87. The van der Waals surface area contributed by atoms with E-state index in [1.807, 2.05) is 0 Å². The van der Waals surface area contributed by atoms with Gasteiger partial charge in [-0.2, -0.15) is 0 Å². The zero-order chi connectivity index (χ0) is 9.97. The van der Waals surface area contributed by atoms with Crippen molar-refractivity contribution in [1.29, 1.82) is 0 Å². The van der Waals surface area contributed by atoms with Gasteiger partial charge in [0.15, 0.2) is 0 Å². The van der Waals surface area contributed by atoms with Crippen LogP contribution in [-0.2, 0) is 10.8 Å². The number of hydrogen-bond donors (Lipinski definition) is 1. The second kappa shape index (κ2) is 4.73. The molecule has 1 saturated carbocycles. The molecule has 0 spiro atoms. The molecule has 2 fully saturated rings. The fraction of sp³-hybridized carbons (Fsp3) is 1.00. The Labute approximate surface area is 88.5 Å². The molecule has 0 aromatic heterocycles. The van der Waals surface area contributed by atoms with Crippen molar-refractivity contribution in [2.45, 2.75) is 25.3 Å². The minimum atomic E-state index is -0.547. The maximum Gasteiger partial charge on any atom is 0.0363 e. The van der Waals surface area contributed by atoms with Crippen molar-refractivity contribution in [2.24, 2.45) is 11.7 Å². The van der Waals surface area contributed by atoms with Gasteiger partial charge in [-0.05, 0) is 25.3 Å². The van der Waals surface area contributed by atoms with Gasteiger partial charge in [0.1, 0.15) is 0 Å². The lowest BCUT2D eigenvalue weighted by atomic mass is 10.0. The molecule has 2 atom stereocenters. The third-order valence-electron chi connectivity index (χ3n) is 3.60. The monoisotopic (exact) mass is 216 g/mol. The molecule has 1 aliphatic carbocycles. The van der Waals surface area contributed by atoms with Crippen molar-refractivity contribution < 1.29 is 4.21 Å². The molecular weight excluding hydrogens is 196 g/mol. The normalized spacial score (nSPS) is 36.4. The Morgan fingerprint density at radius 2 is 2.00 bits per heavy atom. The summed E-state index contributed by atoms with van der Waals surface area (Å²) in [7, 11) is -0.547. The Hall–Kier alpha value is 0.0700. The molecule has 82 valence electrons. The first kappa shape index (κ1) is 10.6. The minimum Gasteiger partial charge on any atom is -0.330 e. The van der Waals surface area contributed by atoms with Gasteiger partial charge >= 0.3 is 0 Å². The lowest BCUT2D eigenvalue weighted by molar-refractivity contribution is 0.177. The van der Waals surface area contributed by atoms with E-state index in [2.05, 4.69) is 4.90 Å². The quantitative estimate of drug-likeness (QED) is 0.716. The second-order valence-electron chi connectivity index (χ2n) is 4.38. The van der Waals surface area contributed by atoms with E-state index in [0.29, 0.717) is 12.0 Å². The predicted molar refractivity (Wildman–Crippen MR) is 59.6 cm³/mol. The highest BCUT2D eigenvalue weighted by atomic mass is 32.2. The maximum absolute atomic E-state index is 11.2. The van der Waals surface area contributed by atoms with Gasteiger partial charge in [0, 0.05) is 41.4 Å². The van der Waals surface area contributed by atoms with E-state index in [-0.39, 0.29) is 0 Å². The molecule has 4 heteroatoms. The fourth-order valence-corrected chi connectivity index (χ4v) is 3.84. The van der Waals surface area contributed by atoms with Crippen LogP contribution in [0, 0.1) is 5.92 Å². The lowest BCUT2D eigenvalue weighted by Crippen LogP contribution is -2.47. The van der Waals surface area contributed by atoms with E-state index in [4.69, 9.17) is 5.73 Å². The zero-order valence-corrected chi connectivity index (χ0v) is 9.47. The van der Waals surface area contributed by atoms with E-state index in [0.717, 1.165) is 31.1 Å². The molecule has 0 radical (unpaired) electrons. The first-order valence-electron chi connectivity index (χ1n) is 5.60. The Kier molecular flexibility index (Phi) is 3.57.